The van der Waals surface area contributed by atoms with Gasteiger partial charge >= 0.3 is 11.8 Å². The summed E-state index contributed by atoms with van der Waals surface area (Å²) in [5.41, 5.74) is 5.65. The van der Waals surface area contributed by atoms with E-state index in [9.17, 15) is 14.4 Å². The van der Waals surface area contributed by atoms with Crippen LogP contribution in [0.5, 0.6) is 0 Å². The standard InChI is InChI=1S/C16H21N3O3/c1-11-7-5-6-10-13(11)14(20)18-19-16(22)15(21)17-12-8-3-2-4-9-12/h5-7,10,12H,2-4,8-9H2,1H3,(H,17,21)(H,18,20)(H,19,22). The summed E-state index contributed by atoms with van der Waals surface area (Å²) in [4.78, 5) is 35.4. The number of rotatable bonds is 2. The van der Waals surface area contributed by atoms with E-state index in [1.54, 1.807) is 25.1 Å². The van der Waals surface area contributed by atoms with Crippen LogP contribution in [0.3, 0.4) is 0 Å². The molecule has 0 bridgehead atoms. The first-order chi connectivity index (χ1) is 10.6. The maximum atomic E-state index is 11.9. The number of nitrogens with one attached hydrogen (secondary N) is 3. The van der Waals surface area contributed by atoms with Crippen molar-refractivity contribution < 1.29 is 14.4 Å². The van der Waals surface area contributed by atoms with Crippen LogP contribution in [0.4, 0.5) is 0 Å². The van der Waals surface area contributed by atoms with Crippen LogP contribution in [0.1, 0.15) is 48.0 Å². The van der Waals surface area contributed by atoms with Gasteiger partial charge in [0.1, 0.15) is 0 Å². The SMILES string of the molecule is Cc1ccccc1C(=O)NNC(=O)C(=O)NC1CCCCC1. The van der Waals surface area contributed by atoms with Crippen molar-refractivity contribution in [1.82, 2.24) is 16.2 Å². The summed E-state index contributed by atoms with van der Waals surface area (Å²) in [7, 11) is 0. The van der Waals surface area contributed by atoms with E-state index in [1.807, 2.05) is 6.07 Å². The average Bonchev–Trinajstić information content (AvgIpc) is 2.53. The predicted octanol–water partition coefficient (Wildman–Crippen LogP) is 1.20. The summed E-state index contributed by atoms with van der Waals surface area (Å²) >= 11 is 0. The highest BCUT2D eigenvalue weighted by molar-refractivity contribution is 6.35. The van der Waals surface area contributed by atoms with Gasteiger partial charge in [0, 0.05) is 11.6 Å². The van der Waals surface area contributed by atoms with Crippen molar-refractivity contribution in [2.45, 2.75) is 45.1 Å². The molecule has 2 rings (SSSR count). The molecule has 3 amide bonds. The molecule has 3 N–H and O–H groups in total. The Morgan fingerprint density at radius 2 is 1.64 bits per heavy atom. The van der Waals surface area contributed by atoms with Crippen molar-refractivity contribution >= 4 is 17.7 Å². The van der Waals surface area contributed by atoms with E-state index in [-0.39, 0.29) is 6.04 Å². The van der Waals surface area contributed by atoms with Gasteiger partial charge in [-0.25, -0.2) is 0 Å². The van der Waals surface area contributed by atoms with Crippen molar-refractivity contribution in [1.29, 1.82) is 0 Å². The summed E-state index contributed by atoms with van der Waals surface area (Å²) in [5.74, 6) is -2.01. The summed E-state index contributed by atoms with van der Waals surface area (Å²) < 4.78 is 0. The van der Waals surface area contributed by atoms with Gasteiger partial charge in [0.05, 0.1) is 0 Å². The number of hydrazine groups is 1. The largest absolute Gasteiger partial charge is 0.345 e. The molecule has 0 aromatic heterocycles. The first kappa shape index (κ1) is 16.0. The van der Waals surface area contributed by atoms with Crippen molar-refractivity contribution in [2.24, 2.45) is 0 Å². The zero-order chi connectivity index (χ0) is 15.9. The Morgan fingerprint density at radius 1 is 0.955 bits per heavy atom. The van der Waals surface area contributed by atoms with E-state index in [1.165, 1.54) is 6.42 Å². The summed E-state index contributed by atoms with van der Waals surface area (Å²) in [6.45, 7) is 1.80. The Kier molecular flexibility index (Phi) is 5.52. The number of carbonyl (C=O) groups is 3. The zero-order valence-corrected chi connectivity index (χ0v) is 12.6. The lowest BCUT2D eigenvalue weighted by Crippen LogP contribution is -2.50. The number of benzene rings is 1. The van der Waals surface area contributed by atoms with Crippen molar-refractivity contribution in [3.8, 4) is 0 Å². The zero-order valence-electron chi connectivity index (χ0n) is 12.6. The molecule has 0 radical (unpaired) electrons. The average molecular weight is 303 g/mol. The van der Waals surface area contributed by atoms with E-state index in [4.69, 9.17) is 0 Å². The normalized spacial score (nSPS) is 15.0. The van der Waals surface area contributed by atoms with Crippen molar-refractivity contribution in [3.63, 3.8) is 0 Å². The molecule has 22 heavy (non-hydrogen) atoms. The number of hydrogen-bond donors (Lipinski definition) is 3. The molecule has 0 atom stereocenters. The fraction of sp³-hybridized carbons (Fsp3) is 0.438. The molecule has 1 saturated carbocycles. The first-order valence-corrected chi connectivity index (χ1v) is 7.54. The van der Waals surface area contributed by atoms with Crippen LogP contribution in [0.15, 0.2) is 24.3 Å². The van der Waals surface area contributed by atoms with E-state index in [0.717, 1.165) is 31.2 Å². The number of amides is 3. The van der Waals surface area contributed by atoms with E-state index in [2.05, 4.69) is 16.2 Å². The molecule has 118 valence electrons. The number of carbonyl (C=O) groups excluding carboxylic acids is 3. The summed E-state index contributed by atoms with van der Waals surface area (Å²) in [6, 6.07) is 7.06. The molecule has 0 saturated heterocycles. The topological polar surface area (TPSA) is 87.3 Å². The fourth-order valence-electron chi connectivity index (χ4n) is 2.56. The second-order valence-electron chi connectivity index (χ2n) is 5.53. The van der Waals surface area contributed by atoms with Gasteiger partial charge < -0.3 is 5.32 Å². The van der Waals surface area contributed by atoms with Crippen LogP contribution in [0, 0.1) is 6.92 Å². The summed E-state index contributed by atoms with van der Waals surface area (Å²) in [5, 5.41) is 2.69. The lowest BCUT2D eigenvalue weighted by atomic mass is 9.95. The van der Waals surface area contributed by atoms with Crippen molar-refractivity contribution in [2.75, 3.05) is 0 Å². The third-order valence-corrected chi connectivity index (χ3v) is 3.83. The highest BCUT2D eigenvalue weighted by Gasteiger charge is 2.20. The molecule has 0 aliphatic heterocycles. The smallest absolute Gasteiger partial charge is 0.327 e. The lowest BCUT2D eigenvalue weighted by Gasteiger charge is -2.22. The highest BCUT2D eigenvalue weighted by Crippen LogP contribution is 2.17. The summed E-state index contributed by atoms with van der Waals surface area (Å²) in [6.07, 6.45) is 5.10. The monoisotopic (exact) mass is 303 g/mol. The van der Waals surface area contributed by atoms with Gasteiger partial charge in [-0.2, -0.15) is 0 Å². The van der Waals surface area contributed by atoms with Crippen LogP contribution < -0.4 is 16.2 Å². The minimum Gasteiger partial charge on any atom is -0.345 e. The Labute approximate surface area is 129 Å². The van der Waals surface area contributed by atoms with Gasteiger partial charge in [-0.3, -0.25) is 25.2 Å². The van der Waals surface area contributed by atoms with Gasteiger partial charge in [0.2, 0.25) is 0 Å². The third kappa shape index (κ3) is 4.31. The van der Waals surface area contributed by atoms with Crippen LogP contribution in [0.25, 0.3) is 0 Å². The van der Waals surface area contributed by atoms with Crippen molar-refractivity contribution in [3.05, 3.63) is 35.4 Å². The molecule has 1 aromatic carbocycles. The molecule has 1 aromatic rings. The molecule has 6 nitrogen and oxygen atoms in total. The van der Waals surface area contributed by atoms with E-state index in [0.29, 0.717) is 5.56 Å². The molecule has 1 fully saturated rings. The van der Waals surface area contributed by atoms with Crippen LogP contribution in [-0.4, -0.2) is 23.8 Å². The molecular weight excluding hydrogens is 282 g/mol. The van der Waals surface area contributed by atoms with Gasteiger partial charge in [-0.1, -0.05) is 37.5 Å². The second kappa shape index (κ2) is 7.59. The molecule has 0 heterocycles. The molecule has 1 aliphatic carbocycles. The van der Waals surface area contributed by atoms with Gasteiger partial charge in [0.15, 0.2) is 0 Å². The maximum absolute atomic E-state index is 11.9. The number of aryl methyl sites for hydroxylation is 1. The van der Waals surface area contributed by atoms with Crippen LogP contribution in [-0.2, 0) is 9.59 Å². The lowest BCUT2D eigenvalue weighted by molar-refractivity contribution is -0.140. The third-order valence-electron chi connectivity index (χ3n) is 3.83. The number of hydrogen-bond acceptors (Lipinski definition) is 3. The first-order valence-electron chi connectivity index (χ1n) is 7.54. The van der Waals surface area contributed by atoms with E-state index < -0.39 is 17.7 Å². The molecule has 0 unspecified atom stereocenters. The maximum Gasteiger partial charge on any atom is 0.327 e. The molecule has 6 heteroatoms. The van der Waals surface area contributed by atoms with E-state index >= 15 is 0 Å². The highest BCUT2D eigenvalue weighted by atomic mass is 16.2. The molecule has 0 spiro atoms. The van der Waals surface area contributed by atoms with Gasteiger partial charge in [0.25, 0.3) is 5.91 Å². The quantitative estimate of drug-likeness (QED) is 0.567. The minimum absolute atomic E-state index is 0.0547. The van der Waals surface area contributed by atoms with Crippen LogP contribution >= 0.6 is 0 Å². The Balaban J connectivity index is 1.80. The Bertz CT molecular complexity index is 566. The van der Waals surface area contributed by atoms with Crippen LogP contribution in [0.2, 0.25) is 0 Å². The fourth-order valence-corrected chi connectivity index (χ4v) is 2.56. The van der Waals surface area contributed by atoms with Gasteiger partial charge in [-0.05, 0) is 31.4 Å². The van der Waals surface area contributed by atoms with Gasteiger partial charge in [-0.15, -0.1) is 0 Å². The Hall–Kier alpha value is -2.37. The molecular formula is C16H21N3O3. The second-order valence-corrected chi connectivity index (χ2v) is 5.53. The Morgan fingerprint density at radius 3 is 2.32 bits per heavy atom. The molecule has 1 aliphatic rings. The minimum atomic E-state index is -0.854. The predicted molar refractivity (Wildman–Crippen MR) is 81.8 cm³/mol.